The molecule has 1 unspecified atom stereocenters. The van der Waals surface area contributed by atoms with Gasteiger partial charge in [-0.25, -0.2) is 9.59 Å². The molecule has 1 aliphatic rings. The highest BCUT2D eigenvalue weighted by molar-refractivity contribution is 6.07. The average Bonchev–Trinajstić information content (AvgIpc) is 3.18. The molecule has 1 saturated heterocycles. The van der Waals surface area contributed by atoms with Gasteiger partial charge in [0.05, 0.1) is 6.54 Å². The van der Waals surface area contributed by atoms with Crippen LogP contribution in [0.5, 0.6) is 0 Å². The first-order chi connectivity index (χ1) is 21.1. The Kier molecular flexibility index (Phi) is 8.93. The third kappa shape index (κ3) is 6.77. The van der Waals surface area contributed by atoms with Crippen LogP contribution in [-0.2, 0) is 28.2 Å². The van der Waals surface area contributed by atoms with E-state index in [2.05, 4.69) is 0 Å². The number of carbonyl (C=O) groups excluding carboxylic acids is 3. The number of halogens is 3. The summed E-state index contributed by atoms with van der Waals surface area (Å²) in [5.41, 5.74) is 12.9. The number of nitrogens with one attached hydrogen (secondary N) is 1. The van der Waals surface area contributed by atoms with Crippen LogP contribution in [0.3, 0.4) is 0 Å². The second kappa shape index (κ2) is 12.5. The van der Waals surface area contributed by atoms with Gasteiger partial charge >= 0.3 is 18.2 Å². The maximum absolute atomic E-state index is 14.0. The quantitative estimate of drug-likeness (QED) is 0.132. The molecule has 1 heterocycles. The van der Waals surface area contributed by atoms with Crippen molar-refractivity contribution in [3.8, 4) is 0 Å². The van der Waals surface area contributed by atoms with Crippen LogP contribution in [0.15, 0.2) is 91.0 Å². The van der Waals surface area contributed by atoms with E-state index in [1.54, 1.807) is 42.2 Å². The predicted molar refractivity (Wildman–Crippen MR) is 159 cm³/mol. The van der Waals surface area contributed by atoms with Gasteiger partial charge in [-0.2, -0.15) is 13.2 Å². The lowest BCUT2D eigenvalue weighted by Gasteiger charge is -2.32. The molecule has 4 aromatic rings. The van der Waals surface area contributed by atoms with Crippen molar-refractivity contribution in [3.05, 3.63) is 119 Å². The van der Waals surface area contributed by atoms with Crippen LogP contribution in [-0.4, -0.2) is 50.7 Å². The van der Waals surface area contributed by atoms with Gasteiger partial charge in [0.15, 0.2) is 0 Å². The van der Waals surface area contributed by atoms with Crippen LogP contribution in [0.25, 0.3) is 10.8 Å². The molecule has 0 spiro atoms. The molecule has 1 aliphatic heterocycles. The molecule has 0 radical (unpaired) electrons. The smallest absolute Gasteiger partial charge is 0.475 e. The molecule has 0 aliphatic carbocycles. The van der Waals surface area contributed by atoms with Crippen LogP contribution in [0.2, 0.25) is 0 Å². The molecule has 4 aromatic carbocycles. The number of nitrogen functional groups attached to an aromatic ring is 1. The van der Waals surface area contributed by atoms with E-state index >= 15 is 0 Å². The summed E-state index contributed by atoms with van der Waals surface area (Å²) in [6.45, 7) is 1.95. The monoisotopic (exact) mass is 619 g/mol. The Morgan fingerprint density at radius 2 is 1.44 bits per heavy atom. The van der Waals surface area contributed by atoms with Gasteiger partial charge in [0.1, 0.15) is 11.4 Å². The van der Waals surface area contributed by atoms with E-state index in [0.717, 1.165) is 16.3 Å². The van der Waals surface area contributed by atoms with Crippen molar-refractivity contribution in [1.29, 1.82) is 5.41 Å². The molecule has 0 aromatic heterocycles. The van der Waals surface area contributed by atoms with Crippen LogP contribution in [0.1, 0.15) is 39.5 Å². The number of nitrogens with two attached hydrogens (primary N) is 2. The largest absolute Gasteiger partial charge is 0.490 e. The first-order valence-corrected chi connectivity index (χ1v) is 13.4. The maximum atomic E-state index is 14.0. The van der Waals surface area contributed by atoms with Gasteiger partial charge in [0, 0.05) is 17.7 Å². The highest BCUT2D eigenvalue weighted by atomic mass is 19.4. The minimum Gasteiger partial charge on any atom is -0.475 e. The molecule has 13 heteroatoms. The number of rotatable bonds is 7. The molecule has 0 saturated carbocycles. The number of carboxylic acids is 1. The van der Waals surface area contributed by atoms with E-state index in [-0.39, 0.29) is 24.8 Å². The van der Waals surface area contributed by atoms with Crippen LogP contribution < -0.4 is 11.5 Å². The Bertz CT molecular complexity index is 1810. The van der Waals surface area contributed by atoms with Gasteiger partial charge in [-0.1, -0.05) is 66.7 Å². The summed E-state index contributed by atoms with van der Waals surface area (Å²) >= 11 is 0. The number of carbonyl (C=O) groups is 4. The van der Waals surface area contributed by atoms with Crippen LogP contribution in [0.4, 0.5) is 18.0 Å². The topological polar surface area (TPSA) is 171 Å². The van der Waals surface area contributed by atoms with Gasteiger partial charge in [-0.05, 0) is 58.7 Å². The third-order valence-corrected chi connectivity index (χ3v) is 7.35. The van der Waals surface area contributed by atoms with E-state index in [9.17, 15) is 27.6 Å². The lowest BCUT2D eigenvalue weighted by Crippen LogP contribution is -2.43. The van der Waals surface area contributed by atoms with E-state index in [1.165, 1.54) is 4.90 Å². The zero-order valence-corrected chi connectivity index (χ0v) is 23.8. The molecule has 232 valence electrons. The number of carboxylic acid groups (broad SMARTS) is 1. The minimum atomic E-state index is -5.08. The number of nitrogens with zero attached hydrogens (tertiary/aromatic N) is 2. The first kappa shape index (κ1) is 32.2. The number of alkyl halides is 3. The van der Waals surface area contributed by atoms with E-state index in [1.807, 2.05) is 60.7 Å². The molecule has 5 rings (SSSR count). The Balaban J connectivity index is 0.000000591. The van der Waals surface area contributed by atoms with Gasteiger partial charge in [-0.15, -0.1) is 0 Å². The molecule has 10 nitrogen and oxygen atoms in total. The highest BCUT2D eigenvalue weighted by Gasteiger charge is 2.55. The van der Waals surface area contributed by atoms with Crippen molar-refractivity contribution >= 4 is 40.4 Å². The van der Waals surface area contributed by atoms with Crippen molar-refractivity contribution in [2.24, 2.45) is 11.5 Å². The zero-order chi connectivity index (χ0) is 33.1. The summed E-state index contributed by atoms with van der Waals surface area (Å²) in [5, 5.41) is 16.7. The van der Waals surface area contributed by atoms with Crippen molar-refractivity contribution in [2.45, 2.75) is 31.7 Å². The standard InChI is InChI=1S/C30H27N5O3.C2HF3O2/c1-30(25-8-3-2-4-9-25)28(37)34(29(38)35(30)18-19-6-5-7-23(14-19)27(33)36)17-20-10-11-21-12-13-22(26(31)32)16-24(21)15-20;3-2(4,5)1(6)7/h2-16H,17-18H2,1H3,(H3,31,32)(H2,33,36);(H,6,7). The molecule has 45 heavy (non-hydrogen) atoms. The number of aliphatic carboxylic acids is 1. The molecule has 6 N–H and O–H groups in total. The molecule has 1 atom stereocenters. The van der Waals surface area contributed by atoms with E-state index in [4.69, 9.17) is 26.8 Å². The lowest BCUT2D eigenvalue weighted by molar-refractivity contribution is -0.192. The lowest BCUT2D eigenvalue weighted by atomic mass is 9.90. The summed E-state index contributed by atoms with van der Waals surface area (Å²) in [4.78, 5) is 51.2. The molecule has 0 bridgehead atoms. The fourth-order valence-electron chi connectivity index (χ4n) is 4.96. The number of hydrogen-bond donors (Lipinski definition) is 4. The van der Waals surface area contributed by atoms with Crippen molar-refractivity contribution in [3.63, 3.8) is 0 Å². The summed E-state index contributed by atoms with van der Waals surface area (Å²) in [6.07, 6.45) is -5.08. The fourth-order valence-corrected chi connectivity index (χ4v) is 4.96. The van der Waals surface area contributed by atoms with Gasteiger partial charge in [0.25, 0.3) is 5.91 Å². The molecular weight excluding hydrogens is 591 g/mol. The van der Waals surface area contributed by atoms with Crippen LogP contribution >= 0.6 is 0 Å². The summed E-state index contributed by atoms with van der Waals surface area (Å²) in [7, 11) is 0. The van der Waals surface area contributed by atoms with Gasteiger partial charge < -0.3 is 21.5 Å². The van der Waals surface area contributed by atoms with Gasteiger partial charge in [-0.3, -0.25) is 19.9 Å². The maximum Gasteiger partial charge on any atom is 0.490 e. The Labute approximate surface area is 255 Å². The van der Waals surface area contributed by atoms with Crippen molar-refractivity contribution in [2.75, 3.05) is 0 Å². The second-order valence-electron chi connectivity index (χ2n) is 10.4. The van der Waals surface area contributed by atoms with E-state index < -0.39 is 29.6 Å². The number of fused-ring (bicyclic) bond motifs is 1. The third-order valence-electron chi connectivity index (χ3n) is 7.35. The summed E-state index contributed by atoms with van der Waals surface area (Å²) in [5.74, 6) is -3.69. The Morgan fingerprint density at radius 3 is 2.04 bits per heavy atom. The van der Waals surface area contributed by atoms with Gasteiger partial charge in [0.2, 0.25) is 5.91 Å². The van der Waals surface area contributed by atoms with Crippen molar-refractivity contribution in [1.82, 2.24) is 9.80 Å². The summed E-state index contributed by atoms with van der Waals surface area (Å²) < 4.78 is 31.7. The molecular formula is C32H28F3N5O5. The number of primary amides is 1. The molecule has 4 amide bonds. The second-order valence-corrected chi connectivity index (χ2v) is 10.4. The van der Waals surface area contributed by atoms with Crippen LogP contribution in [0, 0.1) is 5.41 Å². The first-order valence-electron chi connectivity index (χ1n) is 13.4. The number of amidine groups is 1. The Hall–Kier alpha value is -5.72. The Morgan fingerprint density at radius 1 is 0.822 bits per heavy atom. The highest BCUT2D eigenvalue weighted by Crippen LogP contribution is 2.39. The average molecular weight is 620 g/mol. The zero-order valence-electron chi connectivity index (χ0n) is 23.8. The SMILES string of the molecule is CC1(c2ccccc2)C(=O)N(Cc2ccc3ccc(C(=N)N)cc3c2)C(=O)N1Cc1cccc(C(N)=O)c1.O=C(O)C(F)(F)F. The minimum absolute atomic E-state index is 0.0307. The van der Waals surface area contributed by atoms with E-state index in [0.29, 0.717) is 22.3 Å². The number of amides is 4. The number of imide groups is 1. The normalized spacial score (nSPS) is 16.4. The number of hydrogen-bond acceptors (Lipinski definition) is 5. The summed E-state index contributed by atoms with van der Waals surface area (Å²) in [6, 6.07) is 26.7. The number of benzene rings is 4. The van der Waals surface area contributed by atoms with Crippen molar-refractivity contribution < 1.29 is 37.5 Å². The number of urea groups is 1. The fraction of sp³-hybridized carbons (Fsp3) is 0.156. The predicted octanol–water partition coefficient (Wildman–Crippen LogP) is 4.74. The molecule has 1 fully saturated rings.